The molecular formula is C7H13O2. The summed E-state index contributed by atoms with van der Waals surface area (Å²) in [4.78, 5) is 10.1. The van der Waals surface area contributed by atoms with Gasteiger partial charge in [-0.1, -0.05) is 20.8 Å². The van der Waals surface area contributed by atoms with E-state index in [0.29, 0.717) is 0 Å². The summed E-state index contributed by atoms with van der Waals surface area (Å²) < 4.78 is 4.84. The molecule has 9 heavy (non-hydrogen) atoms. The molecule has 0 saturated carbocycles. The van der Waals surface area contributed by atoms with Gasteiger partial charge in [-0.25, -0.2) is 0 Å². The molecule has 0 heterocycles. The number of ether oxygens (including phenoxy) is 1. The Morgan fingerprint density at radius 2 is 1.89 bits per heavy atom. The second kappa shape index (κ2) is 2.97. The molecule has 53 valence electrons. The molecule has 0 aromatic heterocycles. The molecule has 0 spiro atoms. The Morgan fingerprint density at radius 1 is 1.44 bits per heavy atom. The maximum Gasteiger partial charge on any atom is 0.230 e. The van der Waals surface area contributed by atoms with Crippen LogP contribution in [0.15, 0.2) is 0 Å². The summed E-state index contributed by atoms with van der Waals surface area (Å²) in [7, 11) is 1.51. The molecule has 0 aromatic carbocycles. The average Bonchev–Trinajstić information content (AvgIpc) is 1.65. The first-order valence-electron chi connectivity index (χ1n) is 2.93. The van der Waals surface area contributed by atoms with E-state index in [1.807, 2.05) is 27.1 Å². The van der Waals surface area contributed by atoms with Gasteiger partial charge in [0.25, 0.3) is 0 Å². The molecule has 0 bridgehead atoms. The molecule has 0 aliphatic carbocycles. The Bertz CT molecular complexity index is 91.6. The molecule has 1 unspecified atom stereocenters. The minimum Gasteiger partial charge on any atom is -0.373 e. The van der Waals surface area contributed by atoms with Gasteiger partial charge < -0.3 is 4.74 Å². The lowest BCUT2D eigenvalue weighted by molar-refractivity contribution is 0.0662. The molecule has 0 aliphatic heterocycles. The van der Waals surface area contributed by atoms with Crippen molar-refractivity contribution in [2.24, 2.45) is 5.41 Å². The first-order chi connectivity index (χ1) is 4.02. The van der Waals surface area contributed by atoms with E-state index in [0.717, 1.165) is 0 Å². The number of rotatable bonds is 2. The van der Waals surface area contributed by atoms with Gasteiger partial charge in [0, 0.05) is 7.11 Å². The first-order valence-corrected chi connectivity index (χ1v) is 2.93. The Labute approximate surface area is 56.2 Å². The highest BCUT2D eigenvalue weighted by Crippen LogP contribution is 2.19. The van der Waals surface area contributed by atoms with Gasteiger partial charge in [-0.15, -0.1) is 0 Å². The van der Waals surface area contributed by atoms with Crippen LogP contribution in [-0.4, -0.2) is 19.5 Å². The van der Waals surface area contributed by atoms with Crippen LogP contribution in [-0.2, 0) is 9.53 Å². The topological polar surface area (TPSA) is 26.3 Å². The van der Waals surface area contributed by atoms with E-state index in [9.17, 15) is 4.79 Å². The van der Waals surface area contributed by atoms with Crippen LogP contribution in [0.25, 0.3) is 0 Å². The van der Waals surface area contributed by atoms with E-state index in [1.54, 1.807) is 0 Å². The summed E-state index contributed by atoms with van der Waals surface area (Å²) in [5.74, 6) is 0. The third-order valence-electron chi connectivity index (χ3n) is 1.13. The van der Waals surface area contributed by atoms with Crippen LogP contribution in [0.5, 0.6) is 0 Å². The van der Waals surface area contributed by atoms with Gasteiger partial charge in [-0.05, 0) is 5.41 Å². The molecule has 0 aliphatic rings. The molecule has 0 aromatic rings. The van der Waals surface area contributed by atoms with Crippen LogP contribution in [0.4, 0.5) is 0 Å². The van der Waals surface area contributed by atoms with Crippen molar-refractivity contribution in [3.8, 4) is 0 Å². The second-order valence-electron chi connectivity index (χ2n) is 3.10. The largest absolute Gasteiger partial charge is 0.373 e. The quantitative estimate of drug-likeness (QED) is 0.559. The normalized spacial score (nSPS) is 15.1. The molecule has 1 atom stereocenters. The number of hydrogen-bond acceptors (Lipinski definition) is 2. The van der Waals surface area contributed by atoms with Crippen LogP contribution in [0.1, 0.15) is 20.8 Å². The van der Waals surface area contributed by atoms with Gasteiger partial charge in [0.2, 0.25) is 6.29 Å². The highest BCUT2D eigenvalue weighted by atomic mass is 16.5. The maximum atomic E-state index is 10.1. The Hall–Kier alpha value is -0.370. The van der Waals surface area contributed by atoms with Crippen LogP contribution >= 0.6 is 0 Å². The summed E-state index contributed by atoms with van der Waals surface area (Å²) in [6, 6.07) is 0. The predicted octanol–water partition coefficient (Wildman–Crippen LogP) is 1.16. The first kappa shape index (κ1) is 8.63. The average molecular weight is 129 g/mol. The summed E-state index contributed by atoms with van der Waals surface area (Å²) in [5.41, 5.74) is -0.128. The number of methoxy groups -OCH3 is 1. The Balaban J connectivity index is 3.94. The summed E-state index contributed by atoms with van der Waals surface area (Å²) in [6.07, 6.45) is 1.41. The van der Waals surface area contributed by atoms with Crippen LogP contribution in [0, 0.1) is 5.41 Å². The maximum absolute atomic E-state index is 10.1. The van der Waals surface area contributed by atoms with E-state index in [4.69, 9.17) is 4.74 Å². The number of carbonyl (C=O) groups excluding carboxylic acids is 1. The molecule has 2 nitrogen and oxygen atoms in total. The van der Waals surface area contributed by atoms with E-state index in [-0.39, 0.29) is 5.41 Å². The second-order valence-corrected chi connectivity index (χ2v) is 3.10. The monoisotopic (exact) mass is 129 g/mol. The lowest BCUT2D eigenvalue weighted by Crippen LogP contribution is -2.29. The molecule has 1 radical (unpaired) electrons. The highest BCUT2D eigenvalue weighted by molar-refractivity contribution is 5.58. The zero-order chi connectivity index (χ0) is 7.49. The molecule has 0 saturated heterocycles. The molecule has 0 amide bonds. The highest BCUT2D eigenvalue weighted by Gasteiger charge is 2.23. The fourth-order valence-electron chi connectivity index (χ4n) is 0.578. The van der Waals surface area contributed by atoms with E-state index in [2.05, 4.69) is 0 Å². The lowest BCUT2D eigenvalue weighted by Gasteiger charge is -2.23. The van der Waals surface area contributed by atoms with Crippen molar-refractivity contribution in [1.29, 1.82) is 0 Å². The Morgan fingerprint density at radius 3 is 1.89 bits per heavy atom. The van der Waals surface area contributed by atoms with Crippen molar-refractivity contribution in [2.45, 2.75) is 26.9 Å². The summed E-state index contributed by atoms with van der Waals surface area (Å²) >= 11 is 0. The van der Waals surface area contributed by atoms with Crippen molar-refractivity contribution in [2.75, 3.05) is 7.11 Å². The molecule has 2 heteroatoms. The van der Waals surface area contributed by atoms with Gasteiger partial charge in [0.1, 0.15) is 6.10 Å². The number of hydrogen-bond donors (Lipinski definition) is 0. The van der Waals surface area contributed by atoms with Crippen molar-refractivity contribution in [3.63, 3.8) is 0 Å². The Kier molecular flexibility index (Phi) is 2.85. The minimum atomic E-state index is -0.405. The fourth-order valence-corrected chi connectivity index (χ4v) is 0.578. The zero-order valence-electron chi connectivity index (χ0n) is 6.39. The summed E-state index contributed by atoms with van der Waals surface area (Å²) in [6.45, 7) is 5.81. The lowest BCUT2D eigenvalue weighted by atomic mass is 9.90. The van der Waals surface area contributed by atoms with Gasteiger partial charge >= 0.3 is 0 Å². The van der Waals surface area contributed by atoms with Crippen LogP contribution < -0.4 is 0 Å². The molecule has 0 fully saturated rings. The van der Waals surface area contributed by atoms with Crippen LogP contribution in [0.2, 0.25) is 0 Å². The smallest absolute Gasteiger partial charge is 0.230 e. The third kappa shape index (κ3) is 2.61. The predicted molar refractivity (Wildman–Crippen MR) is 35.9 cm³/mol. The standard InChI is InChI=1S/C7H13O2/c1-7(2,3)6(5-8)9-4/h6H,1-4H3. The SMILES string of the molecule is COC([C]=O)C(C)(C)C. The van der Waals surface area contributed by atoms with Crippen molar-refractivity contribution >= 4 is 6.29 Å². The molecule has 0 N–H and O–H groups in total. The van der Waals surface area contributed by atoms with Gasteiger partial charge in [-0.3, -0.25) is 4.79 Å². The van der Waals surface area contributed by atoms with E-state index < -0.39 is 6.10 Å². The van der Waals surface area contributed by atoms with Crippen molar-refractivity contribution < 1.29 is 9.53 Å². The zero-order valence-corrected chi connectivity index (χ0v) is 6.39. The van der Waals surface area contributed by atoms with Gasteiger partial charge in [0.15, 0.2) is 0 Å². The fraction of sp³-hybridized carbons (Fsp3) is 0.857. The van der Waals surface area contributed by atoms with Gasteiger partial charge in [0.05, 0.1) is 0 Å². The van der Waals surface area contributed by atoms with Crippen molar-refractivity contribution in [1.82, 2.24) is 0 Å². The van der Waals surface area contributed by atoms with E-state index in [1.165, 1.54) is 7.11 Å². The van der Waals surface area contributed by atoms with Gasteiger partial charge in [-0.2, -0.15) is 0 Å². The minimum absolute atomic E-state index is 0.128. The molecular weight excluding hydrogens is 116 g/mol. The van der Waals surface area contributed by atoms with E-state index >= 15 is 0 Å². The molecule has 0 rings (SSSR count). The third-order valence-corrected chi connectivity index (χ3v) is 1.13. The summed E-state index contributed by atoms with van der Waals surface area (Å²) in [5, 5.41) is 0. The van der Waals surface area contributed by atoms with Crippen molar-refractivity contribution in [3.05, 3.63) is 0 Å². The van der Waals surface area contributed by atoms with Crippen LogP contribution in [0.3, 0.4) is 0 Å².